The predicted octanol–water partition coefficient (Wildman–Crippen LogP) is 8.51. The van der Waals surface area contributed by atoms with Gasteiger partial charge in [0.05, 0.1) is 11.1 Å². The first kappa shape index (κ1) is 32.8. The maximum atomic E-state index is 12.3. The Balaban J connectivity index is 1.55. The molecule has 0 aliphatic heterocycles. The van der Waals surface area contributed by atoms with Crippen molar-refractivity contribution >= 4 is 54.3 Å². The van der Waals surface area contributed by atoms with Crippen molar-refractivity contribution in [1.82, 2.24) is 0 Å². The van der Waals surface area contributed by atoms with Crippen molar-refractivity contribution in [3.05, 3.63) is 84.9 Å². The summed E-state index contributed by atoms with van der Waals surface area (Å²) >= 11 is 0. The van der Waals surface area contributed by atoms with Crippen molar-refractivity contribution in [3.8, 4) is 102 Å². The van der Waals surface area contributed by atoms with E-state index in [1.165, 1.54) is 18.2 Å². The Labute approximate surface area is 306 Å². The predicted molar refractivity (Wildman–Crippen MR) is 203 cm³/mol. The molecule has 0 bridgehead atoms. The molecular weight excluding hydrogens is 712 g/mol. The largest absolute Gasteiger partial charge is 0.506 e. The summed E-state index contributed by atoms with van der Waals surface area (Å²) < 4.78 is 5.97. The van der Waals surface area contributed by atoms with E-state index in [1.54, 1.807) is 66.7 Å². The molecule has 55 heavy (non-hydrogen) atoms. The third-order valence-electron chi connectivity index (χ3n) is 10.1. The van der Waals surface area contributed by atoms with Crippen LogP contribution in [-0.2, 0) is 0 Å². The Kier molecular flexibility index (Phi) is 6.69. The second-order valence-electron chi connectivity index (χ2n) is 13.0. The number of rotatable bonds is 3. The molecule has 272 valence electrons. The van der Waals surface area contributed by atoms with Crippen LogP contribution in [0.4, 0.5) is 0 Å². The molecule has 0 atom stereocenters. The monoisotopic (exact) mass is 738 g/mol. The molecule has 1 aromatic heterocycles. The number of phenols is 12. The van der Waals surface area contributed by atoms with E-state index in [1.807, 2.05) is 0 Å². The van der Waals surface area contributed by atoms with Gasteiger partial charge in [-0.25, -0.2) is 0 Å². The smallest absolute Gasteiger partial charge is 0.204 e. The number of benzene rings is 8. The highest BCUT2D eigenvalue weighted by atomic mass is 16.4. The van der Waals surface area contributed by atoms with Gasteiger partial charge in [0.15, 0.2) is 34.5 Å². The number of para-hydroxylation sites is 1. The number of phenolic OH excluding ortho intramolecular Hbond substituents is 12. The standard InChI is InChI=1S/C42H26O13/c43-31-24(19-9-5-11-21-23(19)18-8-3-4-10-20(18)55-21)32(44)38(50)37(49)30(31)25-28-26(33(45)39(51)41(53)35(28)47)22(17-13-12-15-6-1-2-7-16(15)14-17)27-29(25)36(48)42(54)40(52)34(27)46/h1-14,43-54H. The molecule has 13 heteroatoms. The minimum absolute atomic E-state index is 0.0653. The summed E-state index contributed by atoms with van der Waals surface area (Å²) in [5, 5.41) is 137. The van der Waals surface area contributed by atoms with Crippen LogP contribution in [0.2, 0.25) is 0 Å². The van der Waals surface area contributed by atoms with Crippen LogP contribution in [0.15, 0.2) is 89.3 Å². The molecule has 9 rings (SSSR count). The average molecular weight is 739 g/mol. The van der Waals surface area contributed by atoms with E-state index in [4.69, 9.17) is 4.42 Å². The van der Waals surface area contributed by atoms with Gasteiger partial charge in [0.25, 0.3) is 0 Å². The lowest BCUT2D eigenvalue weighted by molar-refractivity contribution is 0.350. The molecule has 0 amide bonds. The topological polar surface area (TPSA) is 256 Å². The van der Waals surface area contributed by atoms with Crippen molar-refractivity contribution in [3.63, 3.8) is 0 Å². The van der Waals surface area contributed by atoms with Crippen molar-refractivity contribution < 1.29 is 65.7 Å². The van der Waals surface area contributed by atoms with Gasteiger partial charge < -0.3 is 65.7 Å². The summed E-state index contributed by atoms with van der Waals surface area (Å²) in [6.07, 6.45) is 0. The zero-order chi connectivity index (χ0) is 38.8. The lowest BCUT2D eigenvalue weighted by Crippen LogP contribution is -1.96. The number of aromatic hydroxyl groups is 12. The molecule has 8 aromatic carbocycles. The SMILES string of the molecule is Oc1c(O)c(-c2c3c(O)c(O)c(O)c(O)c3c(-c3ccc4ccccc4c3)c3c(O)c(O)c(O)c(O)c23)c(O)c(-c2cccc3oc4ccccc4c23)c1O. The molecule has 0 saturated heterocycles. The minimum Gasteiger partial charge on any atom is -0.506 e. The highest BCUT2D eigenvalue weighted by Gasteiger charge is 2.36. The molecule has 13 nitrogen and oxygen atoms in total. The van der Waals surface area contributed by atoms with Crippen molar-refractivity contribution in [2.75, 3.05) is 0 Å². The van der Waals surface area contributed by atoms with Crippen LogP contribution < -0.4 is 0 Å². The molecule has 9 aromatic rings. The van der Waals surface area contributed by atoms with E-state index in [9.17, 15) is 61.3 Å². The van der Waals surface area contributed by atoms with E-state index in [-0.39, 0.29) is 16.7 Å². The summed E-state index contributed by atoms with van der Waals surface area (Å²) in [7, 11) is 0. The van der Waals surface area contributed by atoms with Crippen molar-refractivity contribution in [2.24, 2.45) is 0 Å². The molecular formula is C42H26O13. The second kappa shape index (κ2) is 11.2. The molecule has 0 saturated carbocycles. The second-order valence-corrected chi connectivity index (χ2v) is 13.0. The maximum Gasteiger partial charge on any atom is 0.204 e. The van der Waals surface area contributed by atoms with Crippen LogP contribution in [0, 0.1) is 0 Å². The highest BCUT2D eigenvalue weighted by molar-refractivity contribution is 6.30. The summed E-state index contributed by atoms with van der Waals surface area (Å²) in [5.74, 6) is -14.1. The average Bonchev–Trinajstić information content (AvgIpc) is 3.58. The Morgan fingerprint density at radius 2 is 0.800 bits per heavy atom. The Morgan fingerprint density at radius 3 is 1.42 bits per heavy atom. The van der Waals surface area contributed by atoms with Crippen LogP contribution in [0.1, 0.15) is 0 Å². The molecule has 1 heterocycles. The summed E-state index contributed by atoms with van der Waals surface area (Å²) in [5.41, 5.74) is -1.46. The number of hydrogen-bond donors (Lipinski definition) is 12. The van der Waals surface area contributed by atoms with Crippen LogP contribution >= 0.6 is 0 Å². The van der Waals surface area contributed by atoms with Crippen molar-refractivity contribution in [1.29, 1.82) is 0 Å². The lowest BCUT2D eigenvalue weighted by Gasteiger charge is -2.24. The van der Waals surface area contributed by atoms with E-state index in [0.717, 1.165) is 5.39 Å². The summed E-state index contributed by atoms with van der Waals surface area (Å²) in [4.78, 5) is 0. The first-order valence-corrected chi connectivity index (χ1v) is 16.5. The molecule has 12 N–H and O–H groups in total. The fraction of sp³-hybridized carbons (Fsp3) is 0. The lowest BCUT2D eigenvalue weighted by atomic mass is 9.82. The number of furan rings is 1. The third-order valence-corrected chi connectivity index (χ3v) is 10.1. The normalized spacial score (nSPS) is 11.8. The van der Waals surface area contributed by atoms with Crippen LogP contribution in [0.25, 0.3) is 87.6 Å². The van der Waals surface area contributed by atoms with Gasteiger partial charge in [0, 0.05) is 49.0 Å². The van der Waals surface area contributed by atoms with Crippen molar-refractivity contribution in [2.45, 2.75) is 0 Å². The van der Waals surface area contributed by atoms with Gasteiger partial charge >= 0.3 is 0 Å². The number of fused-ring (bicyclic) bond motifs is 6. The first-order valence-electron chi connectivity index (χ1n) is 16.5. The van der Waals surface area contributed by atoms with E-state index in [0.29, 0.717) is 27.3 Å². The van der Waals surface area contributed by atoms with Crippen LogP contribution in [0.3, 0.4) is 0 Å². The number of hydrogen-bond acceptors (Lipinski definition) is 13. The van der Waals surface area contributed by atoms with Gasteiger partial charge in [0.2, 0.25) is 28.7 Å². The molecule has 0 fully saturated rings. The van der Waals surface area contributed by atoms with Gasteiger partial charge in [-0.15, -0.1) is 0 Å². The van der Waals surface area contributed by atoms with Gasteiger partial charge in [0.1, 0.15) is 16.9 Å². The molecule has 0 radical (unpaired) electrons. The summed E-state index contributed by atoms with van der Waals surface area (Å²) in [6, 6.07) is 23.3. The van der Waals surface area contributed by atoms with Gasteiger partial charge in [-0.05, 0) is 34.5 Å². The fourth-order valence-corrected chi connectivity index (χ4v) is 7.68. The summed E-state index contributed by atoms with van der Waals surface area (Å²) in [6.45, 7) is 0. The van der Waals surface area contributed by atoms with E-state index in [2.05, 4.69) is 0 Å². The first-order chi connectivity index (χ1) is 26.3. The molecule has 0 unspecified atom stereocenters. The Morgan fingerprint density at radius 1 is 0.309 bits per heavy atom. The Hall–Kier alpha value is -8.06. The zero-order valence-corrected chi connectivity index (χ0v) is 27.9. The van der Waals surface area contributed by atoms with E-state index >= 15 is 0 Å². The zero-order valence-electron chi connectivity index (χ0n) is 27.9. The molecule has 0 aliphatic rings. The fourth-order valence-electron chi connectivity index (χ4n) is 7.68. The van der Waals surface area contributed by atoms with Crippen LogP contribution in [0.5, 0.6) is 69.0 Å². The maximum absolute atomic E-state index is 12.3. The van der Waals surface area contributed by atoms with E-state index < -0.39 is 107 Å². The third kappa shape index (κ3) is 4.22. The Bertz CT molecular complexity index is 3100. The van der Waals surface area contributed by atoms with Gasteiger partial charge in [-0.1, -0.05) is 66.7 Å². The quantitative estimate of drug-likeness (QED) is 0.0462. The minimum atomic E-state index is -1.29. The van der Waals surface area contributed by atoms with Gasteiger partial charge in [-0.3, -0.25) is 0 Å². The van der Waals surface area contributed by atoms with Crippen LogP contribution in [-0.4, -0.2) is 61.3 Å². The molecule has 0 spiro atoms. The highest BCUT2D eigenvalue weighted by Crippen LogP contribution is 2.65. The van der Waals surface area contributed by atoms with Gasteiger partial charge in [-0.2, -0.15) is 0 Å². The molecule has 0 aliphatic carbocycles.